The van der Waals surface area contributed by atoms with E-state index in [0.29, 0.717) is 0 Å². The van der Waals surface area contributed by atoms with Crippen molar-refractivity contribution in [3.63, 3.8) is 0 Å². The normalized spacial score (nSPS) is 12.4. The van der Waals surface area contributed by atoms with Crippen LogP contribution in [-0.2, 0) is 0 Å². The summed E-state index contributed by atoms with van der Waals surface area (Å²) in [5.41, 5.74) is 7.47. The molecule has 0 heterocycles. The Bertz CT molecular complexity index is 552. The lowest BCUT2D eigenvalue weighted by Gasteiger charge is -2.19. The van der Waals surface area contributed by atoms with Gasteiger partial charge in [-0.3, -0.25) is 5.84 Å². The van der Waals surface area contributed by atoms with Gasteiger partial charge in [-0.15, -0.1) is 0 Å². The summed E-state index contributed by atoms with van der Waals surface area (Å²) < 4.78 is 0. The highest BCUT2D eigenvalue weighted by atomic mass is 35.5. The maximum atomic E-state index is 6.22. The summed E-state index contributed by atoms with van der Waals surface area (Å²) in [6.07, 6.45) is 0. The summed E-state index contributed by atoms with van der Waals surface area (Å²) >= 11 is 6.22. The van der Waals surface area contributed by atoms with E-state index in [9.17, 15) is 0 Å². The topological polar surface area (TPSA) is 38.0 Å². The largest absolute Gasteiger partial charge is 0.271 e. The van der Waals surface area contributed by atoms with Crippen molar-refractivity contribution in [2.75, 3.05) is 0 Å². The molecule has 2 nitrogen and oxygen atoms in total. The van der Waals surface area contributed by atoms with Crippen LogP contribution < -0.4 is 11.3 Å². The highest BCUT2D eigenvalue weighted by Gasteiger charge is 2.15. The summed E-state index contributed by atoms with van der Waals surface area (Å²) in [6.45, 7) is 4.19. The third kappa shape index (κ3) is 2.56. The zero-order chi connectivity index (χ0) is 13.1. The van der Waals surface area contributed by atoms with E-state index < -0.39 is 0 Å². The molecule has 0 aliphatic heterocycles. The molecular formula is C15H17ClN2. The Morgan fingerprint density at radius 1 is 1.06 bits per heavy atom. The Hall–Kier alpha value is -1.35. The van der Waals surface area contributed by atoms with Crippen LogP contribution in [0.2, 0.25) is 5.02 Å². The highest BCUT2D eigenvalue weighted by Crippen LogP contribution is 2.28. The van der Waals surface area contributed by atoms with Crippen LogP contribution in [0.1, 0.15) is 28.3 Å². The molecule has 0 aromatic heterocycles. The molecule has 0 saturated carbocycles. The van der Waals surface area contributed by atoms with E-state index >= 15 is 0 Å². The van der Waals surface area contributed by atoms with E-state index in [1.807, 2.05) is 24.3 Å². The minimum absolute atomic E-state index is 0.0852. The first-order valence-corrected chi connectivity index (χ1v) is 6.29. The molecule has 18 heavy (non-hydrogen) atoms. The molecule has 0 bridgehead atoms. The van der Waals surface area contributed by atoms with Crippen LogP contribution in [0.5, 0.6) is 0 Å². The Balaban J connectivity index is 2.45. The molecule has 0 aliphatic carbocycles. The lowest BCUT2D eigenvalue weighted by Crippen LogP contribution is -2.29. The van der Waals surface area contributed by atoms with E-state index in [-0.39, 0.29) is 6.04 Å². The van der Waals surface area contributed by atoms with Crippen LogP contribution in [-0.4, -0.2) is 0 Å². The fourth-order valence-corrected chi connectivity index (χ4v) is 2.26. The first-order valence-electron chi connectivity index (χ1n) is 5.91. The number of rotatable bonds is 3. The molecule has 0 radical (unpaired) electrons. The summed E-state index contributed by atoms with van der Waals surface area (Å²) in [6, 6.07) is 14.0. The molecule has 0 fully saturated rings. The summed E-state index contributed by atoms with van der Waals surface area (Å²) in [5.74, 6) is 5.69. The Morgan fingerprint density at radius 3 is 2.39 bits per heavy atom. The fourth-order valence-electron chi connectivity index (χ4n) is 2.02. The minimum atomic E-state index is -0.0852. The van der Waals surface area contributed by atoms with Crippen LogP contribution in [0, 0.1) is 13.8 Å². The number of aryl methyl sites for hydroxylation is 2. The summed E-state index contributed by atoms with van der Waals surface area (Å²) in [5, 5.41) is 0.721. The lowest BCUT2D eigenvalue weighted by atomic mass is 9.96. The third-order valence-corrected chi connectivity index (χ3v) is 3.59. The first-order chi connectivity index (χ1) is 8.63. The lowest BCUT2D eigenvalue weighted by molar-refractivity contribution is 0.636. The van der Waals surface area contributed by atoms with Crippen molar-refractivity contribution >= 4 is 11.6 Å². The number of benzene rings is 2. The van der Waals surface area contributed by atoms with Gasteiger partial charge < -0.3 is 0 Å². The first kappa shape index (κ1) is 13.1. The molecule has 0 saturated heterocycles. The highest BCUT2D eigenvalue weighted by molar-refractivity contribution is 6.31. The second-order valence-corrected chi connectivity index (χ2v) is 4.87. The zero-order valence-corrected chi connectivity index (χ0v) is 11.3. The molecule has 94 valence electrons. The summed E-state index contributed by atoms with van der Waals surface area (Å²) in [4.78, 5) is 0. The maximum absolute atomic E-state index is 6.22. The van der Waals surface area contributed by atoms with Crippen LogP contribution in [0.3, 0.4) is 0 Å². The van der Waals surface area contributed by atoms with Gasteiger partial charge in [-0.1, -0.05) is 48.0 Å². The monoisotopic (exact) mass is 260 g/mol. The van der Waals surface area contributed by atoms with Gasteiger partial charge in [0.2, 0.25) is 0 Å². The third-order valence-electron chi connectivity index (χ3n) is 3.25. The van der Waals surface area contributed by atoms with Gasteiger partial charge in [0.25, 0.3) is 0 Å². The van der Waals surface area contributed by atoms with Crippen molar-refractivity contribution < 1.29 is 0 Å². The fraction of sp³-hybridized carbons (Fsp3) is 0.200. The van der Waals surface area contributed by atoms with E-state index in [1.165, 1.54) is 11.1 Å². The molecule has 2 aromatic rings. The van der Waals surface area contributed by atoms with Crippen LogP contribution in [0.15, 0.2) is 42.5 Å². The van der Waals surface area contributed by atoms with Crippen LogP contribution in [0.4, 0.5) is 0 Å². The number of halogens is 1. The van der Waals surface area contributed by atoms with Crippen molar-refractivity contribution in [1.29, 1.82) is 0 Å². The van der Waals surface area contributed by atoms with Crippen molar-refractivity contribution in [2.24, 2.45) is 5.84 Å². The second-order valence-electron chi connectivity index (χ2n) is 4.46. The molecule has 3 N–H and O–H groups in total. The average molecular weight is 261 g/mol. The predicted octanol–water partition coefficient (Wildman–Crippen LogP) is 3.51. The maximum Gasteiger partial charge on any atom is 0.0724 e. The molecule has 3 heteroatoms. The molecule has 2 aromatic carbocycles. The molecule has 0 amide bonds. The van der Waals surface area contributed by atoms with E-state index in [2.05, 4.69) is 37.5 Å². The van der Waals surface area contributed by atoms with Gasteiger partial charge in [0.05, 0.1) is 6.04 Å². The van der Waals surface area contributed by atoms with Gasteiger partial charge in [-0.25, -0.2) is 5.43 Å². The molecular weight excluding hydrogens is 244 g/mol. The average Bonchev–Trinajstić information content (AvgIpc) is 2.37. The SMILES string of the molecule is Cc1ccc(C(NN)c2ccccc2Cl)cc1C. The Labute approximate surface area is 113 Å². The minimum Gasteiger partial charge on any atom is -0.271 e. The van der Waals surface area contributed by atoms with Crippen molar-refractivity contribution in [3.8, 4) is 0 Å². The van der Waals surface area contributed by atoms with Gasteiger partial charge >= 0.3 is 0 Å². The van der Waals surface area contributed by atoms with Crippen LogP contribution >= 0.6 is 11.6 Å². The van der Waals surface area contributed by atoms with Gasteiger partial charge in [0, 0.05) is 5.02 Å². The van der Waals surface area contributed by atoms with Gasteiger partial charge in [0.1, 0.15) is 0 Å². The molecule has 2 rings (SSSR count). The quantitative estimate of drug-likeness (QED) is 0.655. The van der Waals surface area contributed by atoms with Gasteiger partial charge in [-0.05, 0) is 42.2 Å². The van der Waals surface area contributed by atoms with Crippen molar-refractivity contribution in [1.82, 2.24) is 5.43 Å². The van der Waals surface area contributed by atoms with Crippen molar-refractivity contribution in [3.05, 3.63) is 69.7 Å². The standard InChI is InChI=1S/C15H17ClN2/c1-10-7-8-12(9-11(10)2)15(18-17)13-5-3-4-6-14(13)16/h3-9,15,18H,17H2,1-2H3. The second kappa shape index (κ2) is 5.53. The number of nitrogens with one attached hydrogen (secondary N) is 1. The number of hydrogen-bond donors (Lipinski definition) is 2. The Kier molecular flexibility index (Phi) is 4.02. The zero-order valence-electron chi connectivity index (χ0n) is 10.6. The molecule has 0 spiro atoms. The molecule has 1 atom stereocenters. The van der Waals surface area contributed by atoms with Crippen LogP contribution in [0.25, 0.3) is 0 Å². The molecule has 0 aliphatic rings. The smallest absolute Gasteiger partial charge is 0.0724 e. The summed E-state index contributed by atoms with van der Waals surface area (Å²) in [7, 11) is 0. The Morgan fingerprint density at radius 2 is 1.78 bits per heavy atom. The van der Waals surface area contributed by atoms with E-state index in [1.54, 1.807) is 0 Å². The molecule has 1 unspecified atom stereocenters. The number of hydrazine groups is 1. The van der Waals surface area contributed by atoms with E-state index in [0.717, 1.165) is 16.1 Å². The number of hydrogen-bond acceptors (Lipinski definition) is 2. The van der Waals surface area contributed by atoms with Gasteiger partial charge in [-0.2, -0.15) is 0 Å². The van der Waals surface area contributed by atoms with E-state index in [4.69, 9.17) is 17.4 Å². The predicted molar refractivity (Wildman–Crippen MR) is 76.5 cm³/mol. The number of nitrogens with two attached hydrogens (primary N) is 1. The van der Waals surface area contributed by atoms with Gasteiger partial charge in [0.15, 0.2) is 0 Å². The van der Waals surface area contributed by atoms with Crippen molar-refractivity contribution in [2.45, 2.75) is 19.9 Å².